The molecule has 2 heterocycles. The van der Waals surface area contributed by atoms with Gasteiger partial charge in [-0.1, -0.05) is 67.0 Å². The Morgan fingerprint density at radius 3 is 2.42 bits per heavy atom. The van der Waals surface area contributed by atoms with Gasteiger partial charge in [-0.25, -0.2) is 0 Å². The molecule has 188 valence electrons. The van der Waals surface area contributed by atoms with Crippen molar-refractivity contribution in [3.05, 3.63) is 93.2 Å². The second kappa shape index (κ2) is 10.9. The van der Waals surface area contributed by atoms with E-state index in [4.69, 9.17) is 15.2 Å². The van der Waals surface area contributed by atoms with Crippen LogP contribution in [0.3, 0.4) is 0 Å². The lowest BCUT2D eigenvalue weighted by molar-refractivity contribution is 0.0602. The third-order valence-electron chi connectivity index (χ3n) is 6.37. The molecule has 0 saturated heterocycles. The zero-order chi connectivity index (χ0) is 25.8. The number of nitrogens with two attached hydrogens (primary N) is 1. The number of amides is 1. The molecule has 2 aromatic heterocycles. The Kier molecular flexibility index (Phi) is 7.64. The minimum atomic E-state index is -0.489. The molecule has 36 heavy (non-hydrogen) atoms. The SMILES string of the molecule is Cc1ccc(C(=O)N(CCCN)[C@H](c2nc3onc(C)c3c(=O)n2Cc2ccccc2)C(C)C)cc1. The maximum absolute atomic E-state index is 13.8. The number of aromatic nitrogens is 3. The van der Waals surface area contributed by atoms with Crippen LogP contribution in [-0.4, -0.2) is 38.6 Å². The topological polar surface area (TPSA) is 107 Å². The third-order valence-corrected chi connectivity index (χ3v) is 6.37. The molecule has 0 bridgehead atoms. The van der Waals surface area contributed by atoms with Crippen molar-refractivity contribution in [2.24, 2.45) is 11.7 Å². The van der Waals surface area contributed by atoms with Crippen LogP contribution < -0.4 is 11.3 Å². The highest BCUT2D eigenvalue weighted by Gasteiger charge is 2.33. The van der Waals surface area contributed by atoms with E-state index in [1.54, 1.807) is 16.4 Å². The number of aryl methyl sites for hydroxylation is 2. The van der Waals surface area contributed by atoms with Crippen LogP contribution in [0.5, 0.6) is 0 Å². The fourth-order valence-electron chi connectivity index (χ4n) is 4.52. The summed E-state index contributed by atoms with van der Waals surface area (Å²) in [5, 5.41) is 4.34. The largest absolute Gasteiger partial charge is 0.335 e. The molecule has 0 spiro atoms. The number of nitrogens with zero attached hydrogens (tertiary/aromatic N) is 4. The van der Waals surface area contributed by atoms with Crippen molar-refractivity contribution in [3.8, 4) is 0 Å². The molecule has 4 rings (SSSR count). The second-order valence-corrected chi connectivity index (χ2v) is 9.49. The first-order valence-electron chi connectivity index (χ1n) is 12.3. The highest BCUT2D eigenvalue weighted by molar-refractivity contribution is 5.94. The van der Waals surface area contributed by atoms with Gasteiger partial charge in [0.15, 0.2) is 0 Å². The Labute approximate surface area is 210 Å². The predicted molar refractivity (Wildman–Crippen MR) is 140 cm³/mol. The minimum Gasteiger partial charge on any atom is -0.335 e. The van der Waals surface area contributed by atoms with Crippen molar-refractivity contribution in [2.75, 3.05) is 13.1 Å². The Bertz CT molecular complexity index is 1390. The van der Waals surface area contributed by atoms with Crippen molar-refractivity contribution in [2.45, 2.75) is 46.7 Å². The van der Waals surface area contributed by atoms with Crippen LogP contribution in [-0.2, 0) is 6.54 Å². The number of rotatable bonds is 9. The highest BCUT2D eigenvalue weighted by atomic mass is 16.5. The second-order valence-electron chi connectivity index (χ2n) is 9.49. The number of hydrogen-bond acceptors (Lipinski definition) is 6. The smallest absolute Gasteiger partial charge is 0.267 e. The van der Waals surface area contributed by atoms with E-state index in [1.165, 1.54) is 0 Å². The molecule has 8 nitrogen and oxygen atoms in total. The van der Waals surface area contributed by atoms with Gasteiger partial charge >= 0.3 is 0 Å². The number of carbonyl (C=O) groups excluding carboxylic acids is 1. The number of fused-ring (bicyclic) bond motifs is 1. The van der Waals surface area contributed by atoms with Gasteiger partial charge in [0.25, 0.3) is 17.2 Å². The van der Waals surface area contributed by atoms with Crippen LogP contribution in [0.1, 0.15) is 59.3 Å². The van der Waals surface area contributed by atoms with Gasteiger partial charge in [-0.3, -0.25) is 14.2 Å². The predicted octanol–water partition coefficient (Wildman–Crippen LogP) is 4.24. The van der Waals surface area contributed by atoms with E-state index in [0.29, 0.717) is 48.5 Å². The van der Waals surface area contributed by atoms with Crippen LogP contribution in [0.25, 0.3) is 11.1 Å². The molecule has 1 atom stereocenters. The fraction of sp³-hybridized carbons (Fsp3) is 0.357. The molecule has 0 aliphatic heterocycles. The summed E-state index contributed by atoms with van der Waals surface area (Å²) >= 11 is 0. The van der Waals surface area contributed by atoms with Gasteiger partial charge < -0.3 is 15.2 Å². The fourth-order valence-corrected chi connectivity index (χ4v) is 4.52. The number of carbonyl (C=O) groups is 1. The molecular weight excluding hydrogens is 454 g/mol. The summed E-state index contributed by atoms with van der Waals surface area (Å²) in [5.74, 6) is 0.295. The number of benzene rings is 2. The van der Waals surface area contributed by atoms with E-state index < -0.39 is 6.04 Å². The molecule has 0 aliphatic rings. The van der Waals surface area contributed by atoms with Gasteiger partial charge in [0.05, 0.1) is 18.3 Å². The lowest BCUT2D eigenvalue weighted by Gasteiger charge is -2.35. The van der Waals surface area contributed by atoms with E-state index in [-0.39, 0.29) is 23.1 Å². The highest BCUT2D eigenvalue weighted by Crippen LogP contribution is 2.30. The Hall–Kier alpha value is -3.78. The molecule has 0 aliphatic carbocycles. The van der Waals surface area contributed by atoms with Crippen molar-refractivity contribution in [1.82, 2.24) is 19.6 Å². The molecule has 8 heteroatoms. The molecule has 0 unspecified atom stereocenters. The zero-order valence-electron chi connectivity index (χ0n) is 21.3. The van der Waals surface area contributed by atoms with Gasteiger partial charge in [0.1, 0.15) is 11.2 Å². The van der Waals surface area contributed by atoms with Crippen molar-refractivity contribution in [3.63, 3.8) is 0 Å². The van der Waals surface area contributed by atoms with Crippen LogP contribution in [0, 0.1) is 19.8 Å². The van der Waals surface area contributed by atoms with E-state index in [2.05, 4.69) is 5.16 Å². The van der Waals surface area contributed by atoms with Crippen LogP contribution in [0.15, 0.2) is 63.9 Å². The Balaban J connectivity index is 1.91. The van der Waals surface area contributed by atoms with Crippen LogP contribution in [0.2, 0.25) is 0 Å². The standard InChI is InChI=1S/C28H33N5O3/c1-18(2)24(32(16-8-15-29)27(34)22-13-11-19(3)12-14-22)25-30-26-23(20(4)31-36-26)28(35)33(25)17-21-9-6-5-7-10-21/h5-7,9-14,18,24H,8,15-17,29H2,1-4H3/t24-/m0/s1. The summed E-state index contributed by atoms with van der Waals surface area (Å²) in [5.41, 5.74) is 8.91. The minimum absolute atomic E-state index is 0.0486. The summed E-state index contributed by atoms with van der Waals surface area (Å²) in [6.07, 6.45) is 0.618. The van der Waals surface area contributed by atoms with Gasteiger partial charge in [0, 0.05) is 12.1 Å². The zero-order valence-corrected chi connectivity index (χ0v) is 21.3. The molecule has 2 N–H and O–H groups in total. The molecule has 4 aromatic rings. The van der Waals surface area contributed by atoms with Gasteiger partial charge in [-0.05, 0) is 50.4 Å². The Morgan fingerprint density at radius 2 is 1.78 bits per heavy atom. The van der Waals surface area contributed by atoms with Crippen LogP contribution in [0.4, 0.5) is 0 Å². The van der Waals surface area contributed by atoms with Gasteiger partial charge in [-0.2, -0.15) is 4.98 Å². The molecule has 2 aromatic carbocycles. The van der Waals surface area contributed by atoms with E-state index in [0.717, 1.165) is 11.1 Å². The maximum Gasteiger partial charge on any atom is 0.267 e. The first kappa shape index (κ1) is 25.3. The molecule has 0 radical (unpaired) electrons. The average Bonchev–Trinajstić information content (AvgIpc) is 3.24. The van der Waals surface area contributed by atoms with Crippen LogP contribution >= 0.6 is 0 Å². The molecule has 0 fully saturated rings. The lowest BCUT2D eigenvalue weighted by Crippen LogP contribution is -2.42. The van der Waals surface area contributed by atoms with E-state index in [1.807, 2.05) is 75.4 Å². The van der Waals surface area contributed by atoms with Crippen molar-refractivity contribution < 1.29 is 9.32 Å². The quantitative estimate of drug-likeness (QED) is 0.378. The van der Waals surface area contributed by atoms with E-state index in [9.17, 15) is 9.59 Å². The molecule has 1 amide bonds. The molecule has 0 saturated carbocycles. The Morgan fingerprint density at radius 1 is 1.08 bits per heavy atom. The summed E-state index contributed by atoms with van der Waals surface area (Å²) in [6.45, 7) is 8.95. The van der Waals surface area contributed by atoms with Crippen molar-refractivity contribution in [1.29, 1.82) is 0 Å². The summed E-state index contributed by atoms with van der Waals surface area (Å²) < 4.78 is 7.08. The first-order valence-corrected chi connectivity index (χ1v) is 12.3. The number of hydrogen-bond donors (Lipinski definition) is 1. The normalized spacial score (nSPS) is 12.3. The average molecular weight is 488 g/mol. The van der Waals surface area contributed by atoms with E-state index >= 15 is 0 Å². The summed E-state index contributed by atoms with van der Waals surface area (Å²) in [6, 6.07) is 16.8. The molecular formula is C28H33N5O3. The summed E-state index contributed by atoms with van der Waals surface area (Å²) in [7, 11) is 0. The third kappa shape index (κ3) is 5.09. The first-order chi connectivity index (χ1) is 17.3. The van der Waals surface area contributed by atoms with Gasteiger partial charge in [-0.15, -0.1) is 0 Å². The maximum atomic E-state index is 13.8. The monoisotopic (exact) mass is 487 g/mol. The van der Waals surface area contributed by atoms with Crippen molar-refractivity contribution >= 4 is 17.0 Å². The lowest BCUT2D eigenvalue weighted by atomic mass is 9.98. The summed E-state index contributed by atoms with van der Waals surface area (Å²) in [4.78, 5) is 34.2. The van der Waals surface area contributed by atoms with Gasteiger partial charge in [0.2, 0.25) is 0 Å².